The van der Waals surface area contributed by atoms with Crippen LogP contribution in [0.1, 0.15) is 19.3 Å². The van der Waals surface area contributed by atoms with Gasteiger partial charge >= 0.3 is 6.09 Å². The van der Waals surface area contributed by atoms with Gasteiger partial charge in [-0.2, -0.15) is 0 Å². The first-order valence-electron chi connectivity index (χ1n) is 7.67. The average Bonchev–Trinajstić information content (AvgIpc) is 2.59. The second-order valence-corrected chi connectivity index (χ2v) is 7.02. The number of unbranched alkanes of at least 4 members (excludes halogenated alkanes) is 1. The minimum atomic E-state index is -4.02. The van der Waals surface area contributed by atoms with Crippen LogP contribution in [-0.4, -0.2) is 50.1 Å². The molecule has 0 aliphatic carbocycles. The second kappa shape index (κ2) is 10.3. The Bertz CT molecular complexity index is 739. The smallest absolute Gasteiger partial charge is 0.404 e. The van der Waals surface area contributed by atoms with Crippen LogP contribution in [0.3, 0.4) is 0 Å². The summed E-state index contributed by atoms with van der Waals surface area (Å²) >= 11 is 0. The Balaban J connectivity index is 2.50. The molecule has 4 N–H and O–H groups in total. The van der Waals surface area contributed by atoms with E-state index < -0.39 is 37.7 Å². The van der Waals surface area contributed by atoms with E-state index >= 15 is 0 Å². The van der Waals surface area contributed by atoms with Crippen molar-refractivity contribution in [2.75, 3.05) is 13.1 Å². The number of sulfonamides is 1. The highest BCUT2D eigenvalue weighted by molar-refractivity contribution is 7.89. The molecule has 1 aromatic carbocycles. The Kier molecular flexibility index (Phi) is 8.45. The van der Waals surface area contributed by atoms with Crippen molar-refractivity contribution in [1.82, 2.24) is 15.4 Å². The molecule has 11 nitrogen and oxygen atoms in total. The molecule has 0 aliphatic rings. The number of carboxylic acid groups (broad SMARTS) is 1. The van der Waals surface area contributed by atoms with Crippen molar-refractivity contribution in [3.8, 4) is 0 Å². The molecule has 0 aliphatic heterocycles. The van der Waals surface area contributed by atoms with Gasteiger partial charge in [-0.3, -0.25) is 14.9 Å². The van der Waals surface area contributed by atoms with E-state index in [0.717, 1.165) is 12.1 Å². The third-order valence-electron chi connectivity index (χ3n) is 3.43. The fourth-order valence-corrected chi connectivity index (χ4v) is 3.43. The van der Waals surface area contributed by atoms with E-state index in [1.165, 1.54) is 12.1 Å². The molecule has 1 atom stereocenters. The Morgan fingerprint density at radius 1 is 1.31 bits per heavy atom. The Hall–Kier alpha value is -2.73. The van der Waals surface area contributed by atoms with Crippen molar-refractivity contribution in [2.45, 2.75) is 30.2 Å². The van der Waals surface area contributed by atoms with Gasteiger partial charge in [0.05, 0.1) is 4.92 Å². The largest absolute Gasteiger partial charge is 0.465 e. The Labute approximate surface area is 150 Å². The maximum absolute atomic E-state index is 12.2. The molecule has 26 heavy (non-hydrogen) atoms. The topological polar surface area (TPSA) is 168 Å². The maximum Gasteiger partial charge on any atom is 0.404 e. The number of amides is 2. The minimum absolute atomic E-state index is 0.0377. The lowest BCUT2D eigenvalue weighted by atomic mass is 10.1. The molecular formula is C14H20N4O7S. The molecule has 0 heterocycles. The van der Waals surface area contributed by atoms with E-state index in [2.05, 4.69) is 15.4 Å². The highest BCUT2D eigenvalue weighted by Gasteiger charge is 2.24. The summed E-state index contributed by atoms with van der Waals surface area (Å²) in [6, 6.07) is 4.63. The van der Waals surface area contributed by atoms with Crippen LogP contribution in [0.4, 0.5) is 10.5 Å². The maximum atomic E-state index is 12.2. The highest BCUT2D eigenvalue weighted by Crippen LogP contribution is 2.22. The quantitative estimate of drug-likeness (QED) is 0.174. The molecule has 144 valence electrons. The summed E-state index contributed by atoms with van der Waals surface area (Å²) in [6.07, 6.45) is 0.605. The lowest BCUT2D eigenvalue weighted by molar-refractivity contribution is -0.387. The van der Waals surface area contributed by atoms with Crippen molar-refractivity contribution in [3.63, 3.8) is 0 Å². The van der Waals surface area contributed by atoms with Gasteiger partial charge in [-0.1, -0.05) is 18.6 Å². The molecule has 0 saturated heterocycles. The third-order valence-corrected chi connectivity index (χ3v) is 4.93. The molecule has 12 heteroatoms. The van der Waals surface area contributed by atoms with Gasteiger partial charge in [-0.25, -0.2) is 17.9 Å². The predicted molar refractivity (Wildman–Crippen MR) is 91.2 cm³/mol. The number of benzene rings is 1. The van der Waals surface area contributed by atoms with Gasteiger partial charge in [0.1, 0.15) is 0 Å². The average molecular weight is 388 g/mol. The van der Waals surface area contributed by atoms with Crippen LogP contribution < -0.4 is 15.4 Å². The van der Waals surface area contributed by atoms with Gasteiger partial charge < -0.3 is 15.7 Å². The monoisotopic (exact) mass is 388 g/mol. The second-order valence-electron chi connectivity index (χ2n) is 5.29. The molecule has 0 spiro atoms. The molecule has 0 saturated carbocycles. The summed E-state index contributed by atoms with van der Waals surface area (Å²) in [6.45, 7) is 0.0879. The van der Waals surface area contributed by atoms with Gasteiger partial charge in [0.25, 0.3) is 5.69 Å². The fourth-order valence-electron chi connectivity index (χ4n) is 2.19. The number of nitro benzene ring substituents is 1. The van der Waals surface area contributed by atoms with Gasteiger partial charge in [0.15, 0.2) is 4.90 Å². The Morgan fingerprint density at radius 2 is 2.00 bits per heavy atom. The van der Waals surface area contributed by atoms with E-state index in [-0.39, 0.29) is 13.1 Å². The highest BCUT2D eigenvalue weighted by atomic mass is 32.2. The first-order chi connectivity index (χ1) is 12.3. The SMILES string of the molecule is O=CNC(CCCCNS(=O)(=O)c1ccccc1[N+](=O)[O-])CNC(=O)O. The minimum Gasteiger partial charge on any atom is -0.465 e. The molecule has 0 bridgehead atoms. The molecular weight excluding hydrogens is 368 g/mol. The van der Waals surface area contributed by atoms with Crippen LogP contribution in [0.25, 0.3) is 0 Å². The molecule has 1 rings (SSSR count). The molecule has 0 aromatic heterocycles. The van der Waals surface area contributed by atoms with E-state index in [1.54, 1.807) is 0 Å². The van der Waals surface area contributed by atoms with Crippen LogP contribution >= 0.6 is 0 Å². The van der Waals surface area contributed by atoms with Gasteiger partial charge in [0.2, 0.25) is 16.4 Å². The van der Waals surface area contributed by atoms with Gasteiger partial charge in [-0.15, -0.1) is 0 Å². The number of carbonyl (C=O) groups is 2. The number of nitro groups is 1. The predicted octanol–water partition coefficient (Wildman–Crippen LogP) is 0.426. The summed E-state index contributed by atoms with van der Waals surface area (Å²) in [4.78, 5) is 30.7. The lowest BCUT2D eigenvalue weighted by Gasteiger charge is -2.15. The van der Waals surface area contributed by atoms with E-state index in [4.69, 9.17) is 5.11 Å². The van der Waals surface area contributed by atoms with E-state index in [0.29, 0.717) is 25.7 Å². The first-order valence-corrected chi connectivity index (χ1v) is 9.16. The molecule has 1 unspecified atom stereocenters. The van der Waals surface area contributed by atoms with Crippen molar-refractivity contribution in [3.05, 3.63) is 34.4 Å². The van der Waals surface area contributed by atoms with Crippen LogP contribution in [-0.2, 0) is 14.8 Å². The summed E-state index contributed by atoms with van der Waals surface area (Å²) in [5.74, 6) is 0. The van der Waals surface area contributed by atoms with Crippen molar-refractivity contribution < 1.29 is 28.0 Å². The van der Waals surface area contributed by atoms with Crippen molar-refractivity contribution in [1.29, 1.82) is 0 Å². The molecule has 0 radical (unpaired) electrons. The van der Waals surface area contributed by atoms with Crippen LogP contribution in [0.5, 0.6) is 0 Å². The number of carbonyl (C=O) groups excluding carboxylic acids is 1. The standard InChI is InChI=1S/C14H20N4O7S/c19-10-16-11(9-15-14(20)21)5-3-4-8-17-26(24,25)13-7-2-1-6-12(13)18(22)23/h1-2,6-7,10-11,15,17H,3-5,8-9H2,(H,16,19)(H,20,21). The van der Waals surface area contributed by atoms with Crippen LogP contribution in [0, 0.1) is 10.1 Å². The number of hydrogen-bond donors (Lipinski definition) is 4. The van der Waals surface area contributed by atoms with Crippen LogP contribution in [0.2, 0.25) is 0 Å². The summed E-state index contributed by atoms with van der Waals surface area (Å²) in [5, 5.41) is 24.1. The lowest BCUT2D eigenvalue weighted by Crippen LogP contribution is -2.40. The fraction of sp³-hybridized carbons (Fsp3) is 0.429. The third kappa shape index (κ3) is 7.03. The van der Waals surface area contributed by atoms with Crippen molar-refractivity contribution >= 4 is 28.2 Å². The zero-order valence-corrected chi connectivity index (χ0v) is 14.6. The summed E-state index contributed by atoms with van der Waals surface area (Å²) < 4.78 is 26.7. The number of nitrogens with one attached hydrogen (secondary N) is 3. The zero-order chi connectivity index (χ0) is 19.6. The normalized spacial score (nSPS) is 12.2. The molecule has 1 aromatic rings. The number of nitrogens with zero attached hydrogens (tertiary/aromatic N) is 1. The van der Waals surface area contributed by atoms with Crippen molar-refractivity contribution in [2.24, 2.45) is 0 Å². The number of para-hydroxylation sites is 1. The summed E-state index contributed by atoms with van der Waals surface area (Å²) in [7, 11) is -4.02. The summed E-state index contributed by atoms with van der Waals surface area (Å²) in [5.41, 5.74) is -0.505. The van der Waals surface area contributed by atoms with E-state index in [1.807, 2.05) is 0 Å². The van der Waals surface area contributed by atoms with E-state index in [9.17, 15) is 28.1 Å². The molecule has 2 amide bonds. The number of rotatable bonds is 12. The number of hydrogen-bond acceptors (Lipinski definition) is 6. The Morgan fingerprint density at radius 3 is 2.62 bits per heavy atom. The zero-order valence-electron chi connectivity index (χ0n) is 13.8. The van der Waals surface area contributed by atoms with Gasteiger partial charge in [-0.05, 0) is 18.9 Å². The molecule has 0 fully saturated rings. The first kappa shape index (κ1) is 21.3. The van der Waals surface area contributed by atoms with Gasteiger partial charge in [0, 0.05) is 25.2 Å². The van der Waals surface area contributed by atoms with Crippen LogP contribution in [0.15, 0.2) is 29.2 Å².